The number of aromatic hydroxyl groups is 2. The zero-order valence-corrected chi connectivity index (χ0v) is 47.5. The van der Waals surface area contributed by atoms with Crippen LogP contribution in [-0.2, 0) is 39.4 Å². The number of fused-ring (bicyclic) bond motifs is 10. The first-order valence-electron chi connectivity index (χ1n) is 27.5. The minimum absolute atomic E-state index is 0.0580. The van der Waals surface area contributed by atoms with Crippen molar-refractivity contribution >= 4 is 63.3 Å². The molecule has 0 radical (unpaired) electrons. The van der Waals surface area contributed by atoms with Gasteiger partial charge in [0.1, 0.15) is 49.4 Å². The lowest BCUT2D eigenvalue weighted by Crippen LogP contribution is -2.28. The molecule has 2 aliphatic carbocycles. The molecule has 0 aliphatic heterocycles. The van der Waals surface area contributed by atoms with Gasteiger partial charge >= 0.3 is 0 Å². The van der Waals surface area contributed by atoms with E-state index in [9.17, 15) is 27.0 Å². The van der Waals surface area contributed by atoms with Gasteiger partial charge in [0.05, 0.1) is 23.3 Å². The second-order valence-electron chi connectivity index (χ2n) is 21.4. The highest BCUT2D eigenvalue weighted by Crippen LogP contribution is 2.58. The van der Waals surface area contributed by atoms with E-state index in [0.29, 0.717) is 11.5 Å². The number of phenols is 2. The predicted molar refractivity (Wildman–Crippen MR) is 333 cm³/mol. The number of phenolic OH excluding ortho intramolecular Hbond substituents is 2. The summed E-state index contributed by atoms with van der Waals surface area (Å²) in [6, 6.07) is 83.5. The summed E-state index contributed by atoms with van der Waals surface area (Å²) in [6.07, 6.45) is 2.03. The van der Waals surface area contributed by atoms with Crippen molar-refractivity contribution in [2.75, 3.05) is 38.9 Å². The highest BCUT2D eigenvalue weighted by molar-refractivity contribution is 7.86. The van der Waals surface area contributed by atoms with Crippen LogP contribution in [0.25, 0.3) is 65.3 Å². The van der Waals surface area contributed by atoms with Crippen LogP contribution >= 0.6 is 0 Å². The molecule has 2 aliphatic rings. The van der Waals surface area contributed by atoms with E-state index in [1.165, 1.54) is 55.6 Å². The molecule has 0 fully saturated rings. The average Bonchev–Trinajstić information content (AvgIpc) is 1.77. The zero-order valence-electron chi connectivity index (χ0n) is 45.9. The maximum absolute atomic E-state index is 11.3. The standard InChI is InChI=1S/C39H34O8S2.C33H22O2/c1-48(40,41)46-21-19-44-33-17-13-27-23-31(15-11-29(27)25-33)39(37-9-5-3-7-35(37)36-8-4-6-10-38(36)39)32-16-12-30-26-34(18-14-28(30)24-32)45-20-22-47-49(2,42)43;34-27-15-11-21-17-25(13-9-23(21)19-27)33(26-14-10-24-20-28(35)16-12-22(24)18-26)31-7-3-1-5-29(31)30-6-2-4-8-32(30)33/h3-18,23-26H,19-22H2,1-2H3;1-20,34-35H. The summed E-state index contributed by atoms with van der Waals surface area (Å²) in [7, 11) is -7.05. The van der Waals surface area contributed by atoms with Crippen LogP contribution in [0.4, 0.5) is 0 Å². The van der Waals surface area contributed by atoms with Crippen molar-refractivity contribution in [1.82, 2.24) is 0 Å². The minimum atomic E-state index is -3.53. The van der Waals surface area contributed by atoms with E-state index in [1.807, 2.05) is 60.7 Å². The lowest BCUT2D eigenvalue weighted by Gasteiger charge is -2.34. The van der Waals surface area contributed by atoms with Gasteiger partial charge in [-0.3, -0.25) is 8.37 Å². The fourth-order valence-electron chi connectivity index (χ4n) is 12.8. The minimum Gasteiger partial charge on any atom is -0.508 e. The lowest BCUT2D eigenvalue weighted by atomic mass is 9.67. The molecule has 416 valence electrons. The molecule has 0 spiro atoms. The second kappa shape index (κ2) is 21.5. The summed E-state index contributed by atoms with van der Waals surface area (Å²) in [5.74, 6) is 1.80. The lowest BCUT2D eigenvalue weighted by molar-refractivity contribution is 0.222. The molecule has 2 N–H and O–H groups in total. The van der Waals surface area contributed by atoms with E-state index in [0.717, 1.165) is 66.7 Å². The van der Waals surface area contributed by atoms with Crippen LogP contribution in [-0.4, -0.2) is 66.0 Å². The van der Waals surface area contributed by atoms with E-state index in [-0.39, 0.29) is 37.9 Å². The third kappa shape index (κ3) is 9.86. The Morgan fingerprint density at radius 1 is 0.310 bits per heavy atom. The Labute approximate surface area is 487 Å². The Kier molecular flexibility index (Phi) is 13.8. The predicted octanol–water partition coefficient (Wildman–Crippen LogP) is 14.8. The zero-order chi connectivity index (χ0) is 57.8. The molecule has 0 bridgehead atoms. The van der Waals surface area contributed by atoms with Gasteiger partial charge in [0.15, 0.2) is 0 Å². The Bertz CT molecular complexity index is 4500. The highest BCUT2D eigenvalue weighted by Gasteiger charge is 2.47. The topological polar surface area (TPSA) is 146 Å². The molecular formula is C72H56O10S2. The summed E-state index contributed by atoms with van der Waals surface area (Å²) in [4.78, 5) is 0. The SMILES string of the molecule is CS(=O)(=O)OCCOc1ccc2cc(C3(c4ccc5cc(OCCOS(C)(=O)=O)ccc5c4)c4ccccc4-c4ccccc43)ccc2c1.Oc1ccc2cc(C3(c4ccc5cc(O)ccc5c4)c4ccccc4-c4ccccc43)ccc2c1. The second-order valence-corrected chi connectivity index (χ2v) is 24.7. The fraction of sp³-hybridized carbons (Fsp3) is 0.111. The van der Waals surface area contributed by atoms with Gasteiger partial charge in [0.25, 0.3) is 20.2 Å². The molecule has 0 atom stereocenters. The van der Waals surface area contributed by atoms with Crippen molar-refractivity contribution in [3.05, 3.63) is 287 Å². The molecule has 0 saturated heterocycles. The van der Waals surface area contributed by atoms with Crippen molar-refractivity contribution in [2.24, 2.45) is 0 Å². The third-order valence-corrected chi connectivity index (χ3v) is 17.4. The van der Waals surface area contributed by atoms with Crippen LogP contribution in [0.15, 0.2) is 243 Å². The van der Waals surface area contributed by atoms with Crippen LogP contribution in [0.3, 0.4) is 0 Å². The Morgan fingerprint density at radius 2 is 0.571 bits per heavy atom. The molecule has 12 heteroatoms. The largest absolute Gasteiger partial charge is 0.508 e. The van der Waals surface area contributed by atoms with Crippen molar-refractivity contribution in [1.29, 1.82) is 0 Å². The molecule has 0 aromatic heterocycles. The van der Waals surface area contributed by atoms with Gasteiger partial charge in [0.2, 0.25) is 0 Å². The van der Waals surface area contributed by atoms with Crippen molar-refractivity contribution in [3.63, 3.8) is 0 Å². The molecule has 10 nitrogen and oxygen atoms in total. The van der Waals surface area contributed by atoms with Gasteiger partial charge in [-0.2, -0.15) is 16.8 Å². The van der Waals surface area contributed by atoms with E-state index in [2.05, 4.69) is 170 Å². The maximum Gasteiger partial charge on any atom is 0.264 e. The summed E-state index contributed by atoms with van der Waals surface area (Å²) in [6.45, 7) is 0.107. The van der Waals surface area contributed by atoms with Gasteiger partial charge in [-0.15, -0.1) is 0 Å². The van der Waals surface area contributed by atoms with Crippen molar-refractivity contribution in [3.8, 4) is 45.3 Å². The smallest absolute Gasteiger partial charge is 0.264 e. The molecule has 14 rings (SSSR count). The fourth-order valence-corrected chi connectivity index (χ4v) is 13.5. The van der Waals surface area contributed by atoms with Crippen molar-refractivity contribution in [2.45, 2.75) is 10.8 Å². The summed E-state index contributed by atoms with van der Waals surface area (Å²) in [5, 5.41) is 28.3. The summed E-state index contributed by atoms with van der Waals surface area (Å²) >= 11 is 0. The summed E-state index contributed by atoms with van der Waals surface area (Å²) in [5.41, 5.74) is 13.3. The van der Waals surface area contributed by atoms with E-state index < -0.39 is 31.1 Å². The quantitative estimate of drug-likeness (QED) is 0.0797. The molecule has 0 heterocycles. The number of benzene rings is 12. The highest BCUT2D eigenvalue weighted by atomic mass is 32.2. The molecule has 0 unspecified atom stereocenters. The van der Waals surface area contributed by atoms with Crippen LogP contribution in [0.5, 0.6) is 23.0 Å². The first kappa shape index (κ1) is 54.0. The molecule has 0 saturated carbocycles. The molecular weight excluding hydrogens is 1090 g/mol. The number of ether oxygens (including phenoxy) is 2. The van der Waals surface area contributed by atoms with Crippen LogP contribution in [0, 0.1) is 0 Å². The number of hydrogen-bond donors (Lipinski definition) is 2. The maximum atomic E-state index is 11.3. The van der Waals surface area contributed by atoms with Crippen LogP contribution < -0.4 is 9.47 Å². The van der Waals surface area contributed by atoms with Gasteiger partial charge in [-0.25, -0.2) is 0 Å². The molecule has 0 amide bonds. The van der Waals surface area contributed by atoms with Crippen molar-refractivity contribution < 1.29 is 44.9 Å². The molecule has 12 aromatic carbocycles. The van der Waals surface area contributed by atoms with Gasteiger partial charge in [-0.1, -0.05) is 170 Å². The monoisotopic (exact) mass is 1140 g/mol. The number of rotatable bonds is 14. The van der Waals surface area contributed by atoms with Gasteiger partial charge in [0, 0.05) is 0 Å². The Morgan fingerprint density at radius 3 is 0.881 bits per heavy atom. The van der Waals surface area contributed by atoms with Gasteiger partial charge < -0.3 is 19.7 Å². The molecule has 84 heavy (non-hydrogen) atoms. The first-order valence-corrected chi connectivity index (χ1v) is 31.2. The molecule has 12 aromatic rings. The third-order valence-electron chi connectivity index (χ3n) is 16.2. The Balaban J connectivity index is 0.000000165. The average molecular weight is 1150 g/mol. The normalized spacial score (nSPS) is 13.6. The number of hydrogen-bond acceptors (Lipinski definition) is 10. The van der Waals surface area contributed by atoms with Crippen LogP contribution in [0.1, 0.15) is 44.5 Å². The summed E-state index contributed by atoms with van der Waals surface area (Å²) < 4.78 is 66.3. The van der Waals surface area contributed by atoms with Crippen LogP contribution in [0.2, 0.25) is 0 Å². The van der Waals surface area contributed by atoms with E-state index in [4.69, 9.17) is 17.8 Å². The van der Waals surface area contributed by atoms with E-state index in [1.54, 1.807) is 12.1 Å². The Hall–Kier alpha value is -9.30. The van der Waals surface area contributed by atoms with E-state index >= 15 is 0 Å². The van der Waals surface area contributed by atoms with Gasteiger partial charge in [-0.05, 0) is 183 Å². The first-order chi connectivity index (χ1) is 40.7.